The van der Waals surface area contributed by atoms with Gasteiger partial charge in [-0.2, -0.15) is 0 Å². The van der Waals surface area contributed by atoms with Crippen molar-refractivity contribution in [1.29, 1.82) is 0 Å². The average Bonchev–Trinajstić information content (AvgIpc) is 2.55. The third-order valence-electron chi connectivity index (χ3n) is 2.30. The lowest BCUT2D eigenvalue weighted by Crippen LogP contribution is -2.17. The van der Waals surface area contributed by atoms with Crippen molar-refractivity contribution in [3.05, 3.63) is 40.6 Å². The molecule has 0 N–H and O–H groups in total. The third kappa shape index (κ3) is 1.16. The van der Waals surface area contributed by atoms with Gasteiger partial charge in [-0.3, -0.25) is 4.79 Å². The second kappa shape index (κ2) is 2.76. The average molecular weight is 176 g/mol. The van der Waals surface area contributed by atoms with Gasteiger partial charge in [-0.15, -0.1) is 0 Å². The molecule has 0 saturated carbocycles. The summed E-state index contributed by atoms with van der Waals surface area (Å²) in [4.78, 5) is 11.6. The van der Waals surface area contributed by atoms with Crippen molar-refractivity contribution in [3.8, 4) is 0 Å². The Morgan fingerprint density at radius 3 is 2.85 bits per heavy atom. The zero-order valence-corrected chi connectivity index (χ0v) is 7.82. The predicted octanol–water partition coefficient (Wildman–Crippen LogP) is 1.20. The first-order valence-electron chi connectivity index (χ1n) is 4.38. The van der Waals surface area contributed by atoms with Crippen LogP contribution in [0.3, 0.4) is 0 Å². The maximum Gasteiger partial charge on any atom is 0.274 e. The summed E-state index contributed by atoms with van der Waals surface area (Å²) in [5.74, 6) is 0. The fourth-order valence-corrected chi connectivity index (χ4v) is 1.44. The Morgan fingerprint density at radius 1 is 1.38 bits per heavy atom. The van der Waals surface area contributed by atoms with E-state index < -0.39 is 0 Å². The molecule has 2 aromatic rings. The van der Waals surface area contributed by atoms with Gasteiger partial charge in [0.05, 0.1) is 0 Å². The van der Waals surface area contributed by atoms with Gasteiger partial charge >= 0.3 is 0 Å². The fraction of sp³-hybridized carbons (Fsp3) is 0.300. The summed E-state index contributed by atoms with van der Waals surface area (Å²) in [6.07, 6.45) is 6.63. The molecule has 0 fully saturated rings. The Morgan fingerprint density at radius 2 is 2.15 bits per heavy atom. The SMILES string of the molecule is CCc1cc2c(=O)n(C)ccn2c1. The van der Waals surface area contributed by atoms with Crippen molar-refractivity contribution in [1.82, 2.24) is 8.97 Å². The lowest BCUT2D eigenvalue weighted by Gasteiger charge is -1.96. The highest BCUT2D eigenvalue weighted by Gasteiger charge is 2.01. The van der Waals surface area contributed by atoms with E-state index in [0.29, 0.717) is 0 Å². The minimum Gasteiger partial charge on any atom is -0.317 e. The van der Waals surface area contributed by atoms with E-state index in [2.05, 4.69) is 6.92 Å². The van der Waals surface area contributed by atoms with Crippen LogP contribution in [-0.2, 0) is 13.5 Å². The van der Waals surface area contributed by atoms with Crippen molar-refractivity contribution in [2.24, 2.45) is 7.05 Å². The number of rotatable bonds is 1. The van der Waals surface area contributed by atoms with Crippen LogP contribution in [0.5, 0.6) is 0 Å². The van der Waals surface area contributed by atoms with Gasteiger partial charge in [0.15, 0.2) is 0 Å². The van der Waals surface area contributed by atoms with Crippen molar-refractivity contribution in [2.75, 3.05) is 0 Å². The molecule has 13 heavy (non-hydrogen) atoms. The minimum atomic E-state index is 0.0576. The number of fused-ring (bicyclic) bond motifs is 1. The summed E-state index contributed by atoms with van der Waals surface area (Å²) in [5, 5.41) is 0. The molecule has 2 heterocycles. The summed E-state index contributed by atoms with van der Waals surface area (Å²) in [6.45, 7) is 2.08. The number of aromatic nitrogens is 2. The number of nitrogens with zero attached hydrogens (tertiary/aromatic N) is 2. The molecule has 0 spiro atoms. The molecule has 0 saturated heterocycles. The van der Waals surface area contributed by atoms with Crippen LogP contribution >= 0.6 is 0 Å². The van der Waals surface area contributed by atoms with E-state index >= 15 is 0 Å². The second-order valence-corrected chi connectivity index (χ2v) is 3.21. The van der Waals surface area contributed by atoms with Crippen molar-refractivity contribution in [2.45, 2.75) is 13.3 Å². The summed E-state index contributed by atoms with van der Waals surface area (Å²) in [5.41, 5.74) is 2.01. The maximum atomic E-state index is 11.6. The first-order valence-corrected chi connectivity index (χ1v) is 4.38. The molecule has 0 atom stereocenters. The lowest BCUT2D eigenvalue weighted by molar-refractivity contribution is 0.846. The Hall–Kier alpha value is -1.51. The van der Waals surface area contributed by atoms with Gasteiger partial charge in [0.1, 0.15) is 5.52 Å². The van der Waals surface area contributed by atoms with Crippen LogP contribution in [0.25, 0.3) is 5.52 Å². The van der Waals surface area contributed by atoms with E-state index in [0.717, 1.165) is 11.9 Å². The molecule has 0 aliphatic heterocycles. The quantitative estimate of drug-likeness (QED) is 0.641. The van der Waals surface area contributed by atoms with Gasteiger partial charge in [-0.1, -0.05) is 6.92 Å². The molecular formula is C10H12N2O. The monoisotopic (exact) mass is 176 g/mol. The topological polar surface area (TPSA) is 26.4 Å². The molecule has 2 rings (SSSR count). The summed E-state index contributed by atoms with van der Waals surface area (Å²) in [7, 11) is 1.76. The van der Waals surface area contributed by atoms with E-state index in [1.807, 2.05) is 22.9 Å². The second-order valence-electron chi connectivity index (χ2n) is 3.21. The van der Waals surface area contributed by atoms with E-state index in [1.54, 1.807) is 17.8 Å². The predicted molar refractivity (Wildman–Crippen MR) is 52.0 cm³/mol. The molecule has 0 radical (unpaired) electrons. The Labute approximate surface area is 76.2 Å². The van der Waals surface area contributed by atoms with Gasteiger partial charge < -0.3 is 8.97 Å². The van der Waals surface area contributed by atoms with E-state index in [-0.39, 0.29) is 5.56 Å². The molecule has 68 valence electrons. The molecule has 0 aromatic carbocycles. The Bertz CT molecular complexity index is 493. The normalized spacial score (nSPS) is 10.9. The molecule has 0 bridgehead atoms. The first kappa shape index (κ1) is 8.10. The summed E-state index contributed by atoms with van der Waals surface area (Å²) >= 11 is 0. The maximum absolute atomic E-state index is 11.6. The highest BCUT2D eigenvalue weighted by Crippen LogP contribution is 2.05. The summed E-state index contributed by atoms with van der Waals surface area (Å²) < 4.78 is 3.47. The van der Waals surface area contributed by atoms with E-state index in [4.69, 9.17) is 0 Å². The third-order valence-corrected chi connectivity index (χ3v) is 2.30. The largest absolute Gasteiger partial charge is 0.317 e. The van der Waals surface area contributed by atoms with Gasteiger partial charge in [0.2, 0.25) is 0 Å². The van der Waals surface area contributed by atoms with Crippen LogP contribution in [0.15, 0.2) is 29.5 Å². The van der Waals surface area contributed by atoms with Crippen LogP contribution in [-0.4, -0.2) is 8.97 Å². The van der Waals surface area contributed by atoms with Crippen LogP contribution in [0.1, 0.15) is 12.5 Å². The number of aryl methyl sites for hydroxylation is 2. The molecule has 0 aliphatic carbocycles. The molecule has 0 amide bonds. The highest BCUT2D eigenvalue weighted by molar-refractivity contribution is 5.48. The van der Waals surface area contributed by atoms with Gasteiger partial charge in [-0.05, 0) is 18.1 Å². The van der Waals surface area contributed by atoms with Gasteiger partial charge in [0, 0.05) is 25.6 Å². The number of hydrogen-bond donors (Lipinski definition) is 0. The van der Waals surface area contributed by atoms with E-state index in [1.165, 1.54) is 5.56 Å². The molecule has 3 heteroatoms. The molecule has 0 aliphatic rings. The van der Waals surface area contributed by atoms with E-state index in [9.17, 15) is 4.79 Å². The van der Waals surface area contributed by atoms with Crippen LogP contribution in [0.2, 0.25) is 0 Å². The highest BCUT2D eigenvalue weighted by atomic mass is 16.1. The standard InChI is InChI=1S/C10H12N2O/c1-3-8-6-9-10(13)11(2)4-5-12(9)7-8/h4-7H,3H2,1-2H3. The van der Waals surface area contributed by atoms with Crippen LogP contribution < -0.4 is 5.56 Å². The fourth-order valence-electron chi connectivity index (χ4n) is 1.44. The zero-order valence-electron chi connectivity index (χ0n) is 7.82. The van der Waals surface area contributed by atoms with Crippen molar-refractivity contribution >= 4 is 5.52 Å². The van der Waals surface area contributed by atoms with Crippen molar-refractivity contribution < 1.29 is 0 Å². The first-order chi connectivity index (χ1) is 6.22. The Balaban J connectivity index is 2.84. The summed E-state index contributed by atoms with van der Waals surface area (Å²) in [6, 6.07) is 1.95. The minimum absolute atomic E-state index is 0.0576. The molecule has 2 aromatic heterocycles. The number of hydrogen-bond acceptors (Lipinski definition) is 1. The zero-order chi connectivity index (χ0) is 9.42. The van der Waals surface area contributed by atoms with Crippen molar-refractivity contribution in [3.63, 3.8) is 0 Å². The van der Waals surface area contributed by atoms with Crippen LogP contribution in [0, 0.1) is 0 Å². The molecule has 0 unspecified atom stereocenters. The molecule has 3 nitrogen and oxygen atoms in total. The Kier molecular flexibility index (Phi) is 1.72. The van der Waals surface area contributed by atoms with Crippen LogP contribution in [0.4, 0.5) is 0 Å². The molecular weight excluding hydrogens is 164 g/mol. The smallest absolute Gasteiger partial charge is 0.274 e. The van der Waals surface area contributed by atoms with Gasteiger partial charge in [-0.25, -0.2) is 0 Å². The van der Waals surface area contributed by atoms with Gasteiger partial charge in [0.25, 0.3) is 5.56 Å². The lowest BCUT2D eigenvalue weighted by atomic mass is 10.3.